The third-order valence-electron chi connectivity index (χ3n) is 5.79. The summed E-state index contributed by atoms with van der Waals surface area (Å²) in [7, 11) is 0. The van der Waals surface area contributed by atoms with Crippen LogP contribution in [0.25, 0.3) is 31.3 Å². The van der Waals surface area contributed by atoms with Gasteiger partial charge in [-0.05, 0) is 32.0 Å². The predicted octanol–water partition coefficient (Wildman–Crippen LogP) is 8.85. The van der Waals surface area contributed by atoms with Crippen molar-refractivity contribution in [3.05, 3.63) is 63.3 Å². The highest BCUT2D eigenvalue weighted by molar-refractivity contribution is 7.80. The molecule has 0 N–H and O–H groups in total. The Morgan fingerprint density at radius 1 is 0.688 bits per heavy atom. The second-order valence-corrected chi connectivity index (χ2v) is 10.7. The Hall–Kier alpha value is -1.97. The van der Waals surface area contributed by atoms with E-state index in [0.717, 1.165) is 22.7 Å². The maximum atomic E-state index is 15.3. The minimum atomic E-state index is -5.58. The van der Waals surface area contributed by atoms with Gasteiger partial charge in [-0.2, -0.15) is 26.3 Å². The third-order valence-corrected chi connectivity index (χ3v) is 8.22. The van der Waals surface area contributed by atoms with E-state index in [1.54, 1.807) is 24.3 Å². The van der Waals surface area contributed by atoms with Crippen LogP contribution < -0.4 is 0 Å². The van der Waals surface area contributed by atoms with E-state index in [4.69, 9.17) is 0 Å². The first-order chi connectivity index (χ1) is 14.9. The van der Waals surface area contributed by atoms with Gasteiger partial charge in [-0.15, -0.1) is 35.3 Å². The number of benzene rings is 2. The molecule has 0 nitrogen and oxygen atoms in total. The van der Waals surface area contributed by atoms with Crippen LogP contribution in [0.3, 0.4) is 0 Å². The van der Waals surface area contributed by atoms with E-state index >= 15 is 17.6 Å². The summed E-state index contributed by atoms with van der Waals surface area (Å²) in [6.07, 6.45) is 0. The van der Waals surface area contributed by atoms with Gasteiger partial charge in [0.25, 0.3) is 0 Å². The molecule has 0 aliphatic heterocycles. The lowest BCUT2D eigenvalue weighted by molar-refractivity contribution is -0.254. The van der Waals surface area contributed by atoms with Crippen LogP contribution in [0.4, 0.5) is 26.3 Å². The van der Waals surface area contributed by atoms with Crippen LogP contribution in [0, 0.1) is 13.8 Å². The largest absolute Gasteiger partial charge is 0.380 e. The first-order valence-corrected chi connectivity index (χ1v) is 11.6. The van der Waals surface area contributed by atoms with Crippen molar-refractivity contribution in [2.75, 3.05) is 0 Å². The highest BCUT2D eigenvalue weighted by atomic mass is 32.1. The molecule has 1 aliphatic carbocycles. The number of halogens is 6. The monoisotopic (exact) mass is 500 g/mol. The molecule has 2 heterocycles. The van der Waals surface area contributed by atoms with Crippen molar-refractivity contribution in [1.82, 2.24) is 0 Å². The maximum absolute atomic E-state index is 15.3. The number of aryl methyl sites for hydroxylation is 2. The molecule has 4 aromatic rings. The molecule has 0 atom stereocenters. The molecular formula is C23H14F6S3. The summed E-state index contributed by atoms with van der Waals surface area (Å²) in [5.41, 5.74) is -3.09. The second kappa shape index (κ2) is 6.77. The molecule has 0 bridgehead atoms. The topological polar surface area (TPSA) is 0 Å². The fourth-order valence-corrected chi connectivity index (χ4v) is 6.86. The zero-order valence-corrected chi connectivity index (χ0v) is 19.1. The molecule has 9 heteroatoms. The van der Waals surface area contributed by atoms with Crippen molar-refractivity contribution in [2.24, 2.45) is 0 Å². The average Bonchev–Trinajstić information content (AvgIpc) is 3.22. The predicted molar refractivity (Wildman–Crippen MR) is 122 cm³/mol. The van der Waals surface area contributed by atoms with Crippen molar-refractivity contribution >= 4 is 66.6 Å². The first-order valence-electron chi connectivity index (χ1n) is 9.49. The van der Waals surface area contributed by atoms with Crippen LogP contribution in [-0.2, 0) is 0 Å². The molecule has 2 aromatic heterocycles. The van der Waals surface area contributed by atoms with E-state index in [0.29, 0.717) is 14.3 Å². The zero-order chi connectivity index (χ0) is 23.2. The Bertz CT molecular complexity index is 1440. The third kappa shape index (κ3) is 2.64. The fraction of sp³-hybridized carbons (Fsp3) is 0.217. The van der Waals surface area contributed by atoms with Gasteiger partial charge in [-0.3, -0.25) is 0 Å². The fourth-order valence-electron chi connectivity index (χ4n) is 4.39. The van der Waals surface area contributed by atoms with Gasteiger partial charge in [-0.1, -0.05) is 24.3 Å². The Kier molecular flexibility index (Phi) is 4.63. The molecule has 166 valence electrons. The van der Waals surface area contributed by atoms with Crippen molar-refractivity contribution in [3.63, 3.8) is 0 Å². The van der Waals surface area contributed by atoms with E-state index in [-0.39, 0.29) is 31.7 Å². The van der Waals surface area contributed by atoms with E-state index < -0.39 is 28.9 Å². The molecule has 1 aliphatic rings. The highest BCUT2D eigenvalue weighted by Crippen LogP contribution is 2.66. The molecule has 0 saturated carbocycles. The van der Waals surface area contributed by atoms with E-state index in [1.807, 2.05) is 0 Å². The number of rotatable bonds is 2. The van der Waals surface area contributed by atoms with Gasteiger partial charge in [0.2, 0.25) is 0 Å². The van der Waals surface area contributed by atoms with Gasteiger partial charge in [0.05, 0.1) is 0 Å². The van der Waals surface area contributed by atoms with E-state index in [9.17, 15) is 8.78 Å². The summed E-state index contributed by atoms with van der Waals surface area (Å²) in [6.45, 7) is 2.97. The van der Waals surface area contributed by atoms with Crippen LogP contribution in [0.1, 0.15) is 20.9 Å². The van der Waals surface area contributed by atoms with Crippen LogP contribution in [-0.4, -0.2) is 17.8 Å². The molecule has 0 unspecified atom stereocenters. The standard InChI is InChI=1S/C23H14F6S3/c1-10-17(13-5-3-4-6-15(13)31-10)19-20(22(26,27)23(28,29)21(19,24)25)18-11(2)32-16-9-12(30)7-8-14(16)18/h3-9,30H,1-2H3. The molecule has 0 spiro atoms. The summed E-state index contributed by atoms with van der Waals surface area (Å²) >= 11 is 6.43. The van der Waals surface area contributed by atoms with Gasteiger partial charge in [0, 0.05) is 57.1 Å². The lowest BCUT2D eigenvalue weighted by atomic mass is 9.91. The van der Waals surface area contributed by atoms with Crippen LogP contribution in [0.15, 0.2) is 47.4 Å². The number of hydrogen-bond donors (Lipinski definition) is 1. The van der Waals surface area contributed by atoms with Gasteiger partial charge in [0.1, 0.15) is 0 Å². The number of thiophene rings is 2. The van der Waals surface area contributed by atoms with Crippen molar-refractivity contribution in [1.29, 1.82) is 0 Å². The highest BCUT2D eigenvalue weighted by Gasteiger charge is 2.80. The summed E-state index contributed by atoms with van der Waals surface area (Å²) < 4.78 is 91.8. The molecule has 0 fully saturated rings. The Labute approximate surface area is 192 Å². The molecule has 0 amide bonds. The number of alkyl halides is 6. The number of thiol groups is 1. The zero-order valence-electron chi connectivity index (χ0n) is 16.6. The molecule has 5 rings (SSSR count). The molecule has 2 aromatic carbocycles. The van der Waals surface area contributed by atoms with Crippen molar-refractivity contribution in [3.8, 4) is 0 Å². The van der Waals surface area contributed by atoms with Crippen LogP contribution >= 0.6 is 35.3 Å². The number of fused-ring (bicyclic) bond motifs is 2. The minimum Gasteiger partial charge on any atom is -0.194 e. The quantitative estimate of drug-likeness (QED) is 0.206. The Morgan fingerprint density at radius 2 is 1.19 bits per heavy atom. The molecule has 0 radical (unpaired) electrons. The molecule has 0 saturated heterocycles. The number of allylic oxidation sites excluding steroid dienone is 2. The summed E-state index contributed by atoms with van der Waals surface area (Å²) in [5, 5.41) is 0.480. The van der Waals surface area contributed by atoms with E-state index in [1.165, 1.54) is 32.0 Å². The lowest BCUT2D eigenvalue weighted by Gasteiger charge is -2.26. The Balaban J connectivity index is 1.99. The smallest absolute Gasteiger partial charge is 0.194 e. The normalized spacial score (nSPS) is 19.4. The van der Waals surface area contributed by atoms with Crippen LogP contribution in [0.5, 0.6) is 0 Å². The number of hydrogen-bond acceptors (Lipinski definition) is 3. The first kappa shape index (κ1) is 21.9. The maximum Gasteiger partial charge on any atom is 0.380 e. The van der Waals surface area contributed by atoms with Gasteiger partial charge in [-0.25, -0.2) is 0 Å². The van der Waals surface area contributed by atoms with E-state index in [2.05, 4.69) is 12.6 Å². The minimum absolute atomic E-state index is 0.225. The summed E-state index contributed by atoms with van der Waals surface area (Å²) in [6, 6.07) is 11.0. The molecule has 32 heavy (non-hydrogen) atoms. The molecular weight excluding hydrogens is 486 g/mol. The van der Waals surface area contributed by atoms with Gasteiger partial charge < -0.3 is 0 Å². The summed E-state index contributed by atoms with van der Waals surface area (Å²) in [4.78, 5) is 1.09. The average molecular weight is 501 g/mol. The van der Waals surface area contributed by atoms with Gasteiger partial charge >= 0.3 is 17.8 Å². The lowest BCUT2D eigenvalue weighted by Crippen LogP contribution is -2.48. The van der Waals surface area contributed by atoms with Gasteiger partial charge in [0.15, 0.2) is 0 Å². The second-order valence-electron chi connectivity index (χ2n) is 7.72. The van der Waals surface area contributed by atoms with Crippen molar-refractivity contribution < 1.29 is 26.3 Å². The van der Waals surface area contributed by atoms with Crippen molar-refractivity contribution in [2.45, 2.75) is 36.5 Å². The SMILES string of the molecule is Cc1sc2ccccc2c1C1=C(c2c(C)sc3cc(S)ccc23)C(F)(F)C(F)(F)C1(F)F. The van der Waals surface area contributed by atoms with Crippen LogP contribution in [0.2, 0.25) is 0 Å². The summed E-state index contributed by atoms with van der Waals surface area (Å²) in [5.74, 6) is -15.7. The Morgan fingerprint density at radius 3 is 1.78 bits per heavy atom.